The average Bonchev–Trinajstić information content (AvgIpc) is 3.15. The number of hydrogen-bond acceptors (Lipinski definition) is 5. The van der Waals surface area contributed by atoms with Gasteiger partial charge in [-0.2, -0.15) is 5.26 Å². The molecule has 0 aliphatic carbocycles. The second kappa shape index (κ2) is 7.81. The van der Waals surface area contributed by atoms with Crippen molar-refractivity contribution in [3.05, 3.63) is 70.4 Å². The van der Waals surface area contributed by atoms with Crippen molar-refractivity contribution in [1.82, 2.24) is 4.98 Å². The van der Waals surface area contributed by atoms with E-state index >= 15 is 0 Å². The lowest BCUT2D eigenvalue weighted by Crippen LogP contribution is -1.94. The van der Waals surface area contributed by atoms with Gasteiger partial charge in [0.25, 0.3) is 0 Å². The number of hydrogen-bond donors (Lipinski definition) is 1. The minimum absolute atomic E-state index is 0.324. The van der Waals surface area contributed by atoms with Crippen molar-refractivity contribution < 1.29 is 9.13 Å². The second-order valence-electron chi connectivity index (χ2n) is 5.56. The van der Waals surface area contributed by atoms with Crippen molar-refractivity contribution in [2.45, 2.75) is 6.92 Å². The predicted octanol–water partition coefficient (Wildman–Crippen LogP) is 5.24. The average molecular weight is 365 g/mol. The molecule has 26 heavy (non-hydrogen) atoms. The van der Waals surface area contributed by atoms with Crippen molar-refractivity contribution >= 4 is 22.6 Å². The molecule has 2 aromatic carbocycles. The van der Waals surface area contributed by atoms with Crippen LogP contribution in [0.25, 0.3) is 16.8 Å². The van der Waals surface area contributed by atoms with Crippen LogP contribution in [-0.4, -0.2) is 12.1 Å². The summed E-state index contributed by atoms with van der Waals surface area (Å²) in [7, 11) is 1.62. The fourth-order valence-corrected chi connectivity index (χ4v) is 3.13. The molecule has 3 rings (SSSR count). The first-order valence-corrected chi connectivity index (χ1v) is 8.72. The van der Waals surface area contributed by atoms with Crippen molar-refractivity contribution in [3.63, 3.8) is 0 Å². The number of aryl methyl sites for hydroxylation is 1. The quantitative estimate of drug-likeness (QED) is 0.628. The summed E-state index contributed by atoms with van der Waals surface area (Å²) in [6.45, 7) is 1.88. The molecule has 1 aromatic heterocycles. The van der Waals surface area contributed by atoms with Gasteiger partial charge in [-0.05, 0) is 48.9 Å². The van der Waals surface area contributed by atoms with Crippen LogP contribution < -0.4 is 10.1 Å². The number of rotatable bonds is 5. The van der Waals surface area contributed by atoms with E-state index in [0.717, 1.165) is 22.6 Å². The summed E-state index contributed by atoms with van der Waals surface area (Å²) >= 11 is 1.36. The highest BCUT2D eigenvalue weighted by Crippen LogP contribution is 2.27. The standard InChI is InChI=1S/C20H16FN3OS/c1-13-3-8-17(21)18(9-13)23-11-15(10-22)20-24-19(12-26-20)14-4-6-16(25-2)7-5-14/h3-9,11-12,23H,1-2H3/b15-11+. The Morgan fingerprint density at radius 1 is 1.27 bits per heavy atom. The van der Waals surface area contributed by atoms with Gasteiger partial charge in [0.15, 0.2) is 0 Å². The maximum atomic E-state index is 13.8. The minimum atomic E-state index is -0.373. The summed E-state index contributed by atoms with van der Waals surface area (Å²) in [4.78, 5) is 4.51. The number of nitrogens with one attached hydrogen (secondary N) is 1. The van der Waals surface area contributed by atoms with Crippen LogP contribution in [0.5, 0.6) is 5.75 Å². The van der Waals surface area contributed by atoms with Gasteiger partial charge in [0.05, 0.1) is 18.5 Å². The second-order valence-corrected chi connectivity index (χ2v) is 6.42. The van der Waals surface area contributed by atoms with Gasteiger partial charge in [0.2, 0.25) is 0 Å². The number of allylic oxidation sites excluding steroid dienone is 1. The largest absolute Gasteiger partial charge is 0.497 e. The van der Waals surface area contributed by atoms with E-state index in [4.69, 9.17) is 4.74 Å². The third-order valence-corrected chi connectivity index (χ3v) is 4.61. The first kappa shape index (κ1) is 17.6. The molecule has 0 saturated carbocycles. The van der Waals surface area contributed by atoms with Gasteiger partial charge < -0.3 is 10.1 Å². The normalized spacial score (nSPS) is 11.1. The highest BCUT2D eigenvalue weighted by molar-refractivity contribution is 7.11. The molecular formula is C20H16FN3OS. The fraction of sp³-hybridized carbons (Fsp3) is 0.100. The molecule has 6 heteroatoms. The number of thiazole rings is 1. The molecule has 1 heterocycles. The zero-order chi connectivity index (χ0) is 18.5. The number of nitriles is 1. The van der Waals surface area contributed by atoms with Crippen LogP contribution in [0.4, 0.5) is 10.1 Å². The van der Waals surface area contributed by atoms with E-state index in [2.05, 4.69) is 16.4 Å². The van der Waals surface area contributed by atoms with E-state index in [9.17, 15) is 9.65 Å². The van der Waals surface area contributed by atoms with E-state index in [-0.39, 0.29) is 5.82 Å². The Bertz CT molecular complexity index is 987. The SMILES string of the molecule is COc1ccc(-c2csc(/C(C#N)=C/Nc3cc(C)ccc3F)n2)cc1. The van der Waals surface area contributed by atoms with Crippen molar-refractivity contribution in [2.75, 3.05) is 12.4 Å². The van der Waals surface area contributed by atoms with E-state index in [1.807, 2.05) is 36.6 Å². The van der Waals surface area contributed by atoms with Crippen LogP contribution >= 0.6 is 11.3 Å². The first-order chi connectivity index (χ1) is 12.6. The maximum Gasteiger partial charge on any atom is 0.146 e. The molecule has 0 atom stereocenters. The molecule has 0 saturated heterocycles. The third kappa shape index (κ3) is 3.90. The third-order valence-electron chi connectivity index (χ3n) is 3.73. The van der Waals surface area contributed by atoms with E-state index in [1.165, 1.54) is 23.6 Å². The highest BCUT2D eigenvalue weighted by atomic mass is 32.1. The van der Waals surface area contributed by atoms with Crippen LogP contribution in [0.15, 0.2) is 54.0 Å². The Kier molecular flexibility index (Phi) is 5.30. The molecule has 0 aliphatic rings. The molecular weight excluding hydrogens is 349 g/mol. The van der Waals surface area contributed by atoms with Crippen LogP contribution in [0.2, 0.25) is 0 Å². The highest BCUT2D eigenvalue weighted by Gasteiger charge is 2.10. The van der Waals surface area contributed by atoms with Gasteiger partial charge in [-0.15, -0.1) is 11.3 Å². The molecule has 0 radical (unpaired) electrons. The molecule has 0 aliphatic heterocycles. The summed E-state index contributed by atoms with van der Waals surface area (Å²) in [6.07, 6.45) is 1.48. The molecule has 3 aromatic rings. The number of anilines is 1. The maximum absolute atomic E-state index is 13.8. The number of nitrogens with zero attached hydrogens (tertiary/aromatic N) is 2. The van der Waals surface area contributed by atoms with Gasteiger partial charge >= 0.3 is 0 Å². The number of benzene rings is 2. The lowest BCUT2D eigenvalue weighted by Gasteiger charge is -2.04. The topological polar surface area (TPSA) is 57.9 Å². The van der Waals surface area contributed by atoms with Gasteiger partial charge in [0, 0.05) is 17.1 Å². The number of halogens is 1. The fourth-order valence-electron chi connectivity index (χ4n) is 2.33. The Labute approximate surface area is 155 Å². The Hall–Kier alpha value is -3.17. The molecule has 130 valence electrons. The molecule has 0 spiro atoms. The lowest BCUT2D eigenvalue weighted by atomic mass is 10.2. The molecule has 0 fully saturated rings. The number of ether oxygens (including phenoxy) is 1. The van der Waals surface area contributed by atoms with E-state index in [1.54, 1.807) is 19.2 Å². The Morgan fingerprint density at radius 3 is 2.73 bits per heavy atom. The first-order valence-electron chi connectivity index (χ1n) is 7.84. The number of aromatic nitrogens is 1. The lowest BCUT2D eigenvalue weighted by molar-refractivity contribution is 0.415. The van der Waals surface area contributed by atoms with Gasteiger partial charge in [0.1, 0.15) is 28.2 Å². The summed E-state index contributed by atoms with van der Waals surface area (Å²) in [5.41, 5.74) is 3.30. The molecule has 4 nitrogen and oxygen atoms in total. The zero-order valence-electron chi connectivity index (χ0n) is 14.3. The van der Waals surface area contributed by atoms with Gasteiger partial charge in [-0.1, -0.05) is 6.07 Å². The van der Waals surface area contributed by atoms with Gasteiger partial charge in [-0.3, -0.25) is 0 Å². The molecule has 0 unspecified atom stereocenters. The smallest absolute Gasteiger partial charge is 0.146 e. The molecule has 1 N–H and O–H groups in total. The van der Waals surface area contributed by atoms with E-state index in [0.29, 0.717) is 16.3 Å². The monoisotopic (exact) mass is 365 g/mol. The van der Waals surface area contributed by atoms with Crippen LogP contribution in [0.3, 0.4) is 0 Å². The van der Waals surface area contributed by atoms with Crippen LogP contribution in [0, 0.1) is 24.1 Å². The zero-order valence-corrected chi connectivity index (χ0v) is 15.1. The number of methoxy groups -OCH3 is 1. The van der Waals surface area contributed by atoms with Crippen LogP contribution in [0.1, 0.15) is 10.6 Å². The van der Waals surface area contributed by atoms with Crippen molar-refractivity contribution in [1.29, 1.82) is 5.26 Å². The van der Waals surface area contributed by atoms with E-state index < -0.39 is 0 Å². The van der Waals surface area contributed by atoms with Gasteiger partial charge in [-0.25, -0.2) is 9.37 Å². The van der Waals surface area contributed by atoms with Crippen molar-refractivity contribution in [2.24, 2.45) is 0 Å². The summed E-state index contributed by atoms with van der Waals surface area (Å²) in [5, 5.41) is 14.7. The predicted molar refractivity (Wildman–Crippen MR) is 102 cm³/mol. The summed E-state index contributed by atoms with van der Waals surface area (Å²) in [5.74, 6) is 0.397. The molecule has 0 amide bonds. The van der Waals surface area contributed by atoms with Crippen molar-refractivity contribution in [3.8, 4) is 23.1 Å². The van der Waals surface area contributed by atoms with Crippen LogP contribution in [-0.2, 0) is 0 Å². The Morgan fingerprint density at radius 2 is 2.04 bits per heavy atom. The Balaban J connectivity index is 1.83. The molecule has 0 bridgehead atoms. The summed E-state index contributed by atoms with van der Waals surface area (Å²) in [6, 6.07) is 14.4. The summed E-state index contributed by atoms with van der Waals surface area (Å²) < 4.78 is 19.0. The minimum Gasteiger partial charge on any atom is -0.497 e.